The average molecular weight is 399 g/mol. The summed E-state index contributed by atoms with van der Waals surface area (Å²) in [6.07, 6.45) is 0. The zero-order valence-corrected chi connectivity index (χ0v) is 15.8. The molecular formula is C18H15ClN6OS. The fourth-order valence-electron chi connectivity index (χ4n) is 2.32. The second-order valence-corrected chi connectivity index (χ2v) is 7.34. The fraction of sp³-hybridized carbons (Fsp3) is 0.111. The first-order chi connectivity index (χ1) is 13.0. The normalized spacial score (nSPS) is 11.6. The van der Waals surface area contributed by atoms with Gasteiger partial charge in [0.05, 0.1) is 16.5 Å². The number of hydrogen-bond donors (Lipinski definition) is 2. The molecule has 0 radical (unpaired) electrons. The molecule has 0 fully saturated rings. The number of carbonyl (C=O) groups is 1. The molecule has 2 aromatic carbocycles. The highest BCUT2D eigenvalue weighted by Gasteiger charge is 2.20. The second-order valence-electron chi connectivity index (χ2n) is 5.59. The number of nitrogens with zero attached hydrogens (tertiary/aromatic N) is 4. The molecule has 0 aliphatic carbocycles. The van der Waals surface area contributed by atoms with Crippen molar-refractivity contribution < 1.29 is 4.79 Å². The Morgan fingerprint density at radius 1 is 1.30 bits per heavy atom. The number of nitrogens with one attached hydrogen (secondary N) is 1. The molecule has 0 aliphatic rings. The van der Waals surface area contributed by atoms with Crippen LogP contribution >= 0.6 is 23.4 Å². The number of halogens is 1. The lowest BCUT2D eigenvalue weighted by molar-refractivity contribution is -0.115. The molecule has 3 rings (SSSR count). The highest BCUT2D eigenvalue weighted by molar-refractivity contribution is 8.00. The summed E-state index contributed by atoms with van der Waals surface area (Å²) < 4.78 is 1.32. The average Bonchev–Trinajstić information content (AvgIpc) is 3.02. The second kappa shape index (κ2) is 8.12. The molecule has 136 valence electrons. The molecule has 1 amide bonds. The van der Waals surface area contributed by atoms with Crippen LogP contribution in [0.5, 0.6) is 0 Å². The first-order valence-corrected chi connectivity index (χ1v) is 9.18. The van der Waals surface area contributed by atoms with E-state index in [1.807, 2.05) is 12.1 Å². The number of thioether (sulfide) groups is 1. The number of rotatable bonds is 5. The molecule has 1 heterocycles. The van der Waals surface area contributed by atoms with Crippen molar-refractivity contribution in [3.8, 4) is 17.5 Å². The zero-order chi connectivity index (χ0) is 19.4. The summed E-state index contributed by atoms with van der Waals surface area (Å²) in [5.74, 6) is 6.26. The van der Waals surface area contributed by atoms with Gasteiger partial charge in [-0.15, -0.1) is 10.2 Å². The van der Waals surface area contributed by atoms with E-state index < -0.39 is 5.25 Å². The first kappa shape index (κ1) is 18.8. The van der Waals surface area contributed by atoms with Crippen LogP contribution in [0, 0.1) is 11.3 Å². The van der Waals surface area contributed by atoms with Crippen molar-refractivity contribution >= 4 is 35.0 Å². The van der Waals surface area contributed by atoms with Gasteiger partial charge in [0.1, 0.15) is 6.07 Å². The Balaban J connectivity index is 1.74. The van der Waals surface area contributed by atoms with Gasteiger partial charge in [-0.3, -0.25) is 4.79 Å². The Morgan fingerprint density at radius 2 is 2.07 bits per heavy atom. The van der Waals surface area contributed by atoms with Gasteiger partial charge < -0.3 is 11.2 Å². The first-order valence-electron chi connectivity index (χ1n) is 7.92. The maximum Gasteiger partial charge on any atom is 0.237 e. The summed E-state index contributed by atoms with van der Waals surface area (Å²) in [6, 6.07) is 16.0. The number of aromatic nitrogens is 3. The molecule has 9 heteroatoms. The number of para-hydroxylation sites is 1. The van der Waals surface area contributed by atoms with Crippen LogP contribution in [0.2, 0.25) is 5.02 Å². The Morgan fingerprint density at radius 3 is 2.81 bits per heavy atom. The van der Waals surface area contributed by atoms with E-state index in [0.29, 0.717) is 27.3 Å². The zero-order valence-electron chi connectivity index (χ0n) is 14.3. The quantitative estimate of drug-likeness (QED) is 0.504. The summed E-state index contributed by atoms with van der Waals surface area (Å²) in [5.41, 5.74) is 1.59. The summed E-state index contributed by atoms with van der Waals surface area (Å²) in [7, 11) is 0. The Kier molecular flexibility index (Phi) is 5.64. The Hall–Kier alpha value is -3.02. The van der Waals surface area contributed by atoms with E-state index in [9.17, 15) is 4.79 Å². The molecule has 27 heavy (non-hydrogen) atoms. The fourth-order valence-corrected chi connectivity index (χ4v) is 3.28. The molecule has 7 nitrogen and oxygen atoms in total. The number of amides is 1. The van der Waals surface area contributed by atoms with Gasteiger partial charge in [0.25, 0.3) is 0 Å². The van der Waals surface area contributed by atoms with Crippen LogP contribution in [0.3, 0.4) is 0 Å². The van der Waals surface area contributed by atoms with Crippen LogP contribution < -0.4 is 11.2 Å². The third-order valence-corrected chi connectivity index (χ3v) is 5.00. The van der Waals surface area contributed by atoms with E-state index in [2.05, 4.69) is 15.5 Å². The van der Waals surface area contributed by atoms with E-state index in [0.717, 1.165) is 5.56 Å². The van der Waals surface area contributed by atoms with Gasteiger partial charge in [-0.25, -0.2) is 4.68 Å². The van der Waals surface area contributed by atoms with Gasteiger partial charge in [0, 0.05) is 10.6 Å². The van der Waals surface area contributed by atoms with Crippen molar-refractivity contribution in [3.05, 3.63) is 59.1 Å². The highest BCUT2D eigenvalue weighted by Crippen LogP contribution is 2.27. The lowest BCUT2D eigenvalue weighted by atomic mass is 10.2. The molecule has 1 atom stereocenters. The predicted molar refractivity (Wildman–Crippen MR) is 106 cm³/mol. The van der Waals surface area contributed by atoms with Crippen molar-refractivity contribution in [1.29, 1.82) is 5.26 Å². The van der Waals surface area contributed by atoms with Gasteiger partial charge in [0.15, 0.2) is 5.82 Å². The van der Waals surface area contributed by atoms with E-state index in [4.69, 9.17) is 22.7 Å². The SMILES string of the molecule is CC(Sc1nnc(-c2cccc(Cl)c2)n1N)C(=O)Nc1ccccc1C#N. The molecule has 0 saturated carbocycles. The molecule has 0 aliphatic heterocycles. The van der Waals surface area contributed by atoms with Gasteiger partial charge in [-0.1, -0.05) is 47.6 Å². The summed E-state index contributed by atoms with van der Waals surface area (Å²) in [4.78, 5) is 12.5. The monoisotopic (exact) mass is 398 g/mol. The van der Waals surface area contributed by atoms with E-state index in [-0.39, 0.29) is 5.91 Å². The molecular weight excluding hydrogens is 384 g/mol. The molecule has 1 aromatic heterocycles. The molecule has 0 spiro atoms. The van der Waals surface area contributed by atoms with Crippen molar-refractivity contribution in [3.63, 3.8) is 0 Å². The number of nitrogens with two attached hydrogens (primary N) is 1. The molecule has 0 bridgehead atoms. The number of carbonyl (C=O) groups excluding carboxylic acids is 1. The number of benzene rings is 2. The van der Waals surface area contributed by atoms with Crippen molar-refractivity contribution in [2.45, 2.75) is 17.3 Å². The Bertz CT molecular complexity index is 1030. The number of hydrogen-bond acceptors (Lipinski definition) is 6. The van der Waals surface area contributed by atoms with E-state index in [1.54, 1.807) is 49.4 Å². The smallest absolute Gasteiger partial charge is 0.237 e. The van der Waals surface area contributed by atoms with Gasteiger partial charge in [-0.05, 0) is 31.2 Å². The number of nitriles is 1. The minimum Gasteiger partial charge on any atom is -0.335 e. The lowest BCUT2D eigenvalue weighted by Crippen LogP contribution is -2.24. The van der Waals surface area contributed by atoms with E-state index >= 15 is 0 Å². The topological polar surface area (TPSA) is 110 Å². The summed E-state index contributed by atoms with van der Waals surface area (Å²) >= 11 is 7.17. The summed E-state index contributed by atoms with van der Waals surface area (Å²) in [5, 5.41) is 20.5. The largest absolute Gasteiger partial charge is 0.335 e. The molecule has 1 unspecified atom stereocenters. The van der Waals surface area contributed by atoms with Crippen LogP contribution in [0.25, 0.3) is 11.4 Å². The van der Waals surface area contributed by atoms with Crippen LogP contribution in [0.4, 0.5) is 5.69 Å². The molecule has 3 aromatic rings. The maximum absolute atomic E-state index is 12.5. The van der Waals surface area contributed by atoms with Gasteiger partial charge >= 0.3 is 0 Å². The highest BCUT2D eigenvalue weighted by atomic mass is 35.5. The number of anilines is 1. The Labute approximate surface area is 165 Å². The van der Waals surface area contributed by atoms with Crippen molar-refractivity contribution in [1.82, 2.24) is 14.9 Å². The third kappa shape index (κ3) is 4.22. The molecule has 3 N–H and O–H groups in total. The maximum atomic E-state index is 12.5. The summed E-state index contributed by atoms with van der Waals surface area (Å²) in [6.45, 7) is 1.72. The number of nitrogen functional groups attached to an aromatic ring is 1. The van der Waals surface area contributed by atoms with Crippen LogP contribution in [0.1, 0.15) is 12.5 Å². The van der Waals surface area contributed by atoms with Crippen LogP contribution in [0.15, 0.2) is 53.7 Å². The minimum absolute atomic E-state index is 0.269. The third-order valence-electron chi connectivity index (χ3n) is 3.70. The van der Waals surface area contributed by atoms with Gasteiger partial charge in [-0.2, -0.15) is 5.26 Å². The minimum atomic E-state index is -0.504. The molecule has 0 saturated heterocycles. The lowest BCUT2D eigenvalue weighted by Gasteiger charge is -2.12. The van der Waals surface area contributed by atoms with Crippen molar-refractivity contribution in [2.24, 2.45) is 0 Å². The predicted octanol–water partition coefficient (Wildman–Crippen LogP) is 3.30. The van der Waals surface area contributed by atoms with Gasteiger partial charge in [0.2, 0.25) is 11.1 Å². The van der Waals surface area contributed by atoms with Crippen LogP contribution in [-0.4, -0.2) is 26.0 Å². The standard InChI is InChI=1S/C18H15ClN6OS/c1-11(17(26)22-15-8-3-2-5-13(15)10-20)27-18-24-23-16(25(18)21)12-6-4-7-14(19)9-12/h2-9,11H,21H2,1H3,(H,22,26). The van der Waals surface area contributed by atoms with E-state index in [1.165, 1.54) is 16.4 Å². The van der Waals surface area contributed by atoms with Crippen molar-refractivity contribution in [2.75, 3.05) is 11.2 Å². The van der Waals surface area contributed by atoms with Crippen LogP contribution in [-0.2, 0) is 4.79 Å².